The number of aryl methyl sites for hydroxylation is 2. The second-order valence-electron chi connectivity index (χ2n) is 4.75. The number of benzene rings is 1. The number of aromatic nitrogens is 4. The van der Waals surface area contributed by atoms with Gasteiger partial charge in [-0.15, -0.1) is 5.10 Å². The molecule has 1 aromatic heterocycles. The van der Waals surface area contributed by atoms with Crippen molar-refractivity contribution in [3.05, 3.63) is 34.9 Å². The fourth-order valence-electron chi connectivity index (χ4n) is 1.84. The minimum absolute atomic E-state index is 0.352. The molecule has 2 rings (SSSR count). The highest BCUT2D eigenvalue weighted by molar-refractivity contribution is 7.98. The molecule has 0 unspecified atom stereocenters. The largest absolute Gasteiger partial charge is 0.354 e. The van der Waals surface area contributed by atoms with Gasteiger partial charge in [0.05, 0.1) is 6.54 Å². The van der Waals surface area contributed by atoms with E-state index >= 15 is 0 Å². The van der Waals surface area contributed by atoms with E-state index in [2.05, 4.69) is 47.6 Å². The second kappa shape index (κ2) is 7.53. The molecule has 0 N–H and O–H groups in total. The first-order valence-corrected chi connectivity index (χ1v) is 7.63. The van der Waals surface area contributed by atoms with Gasteiger partial charge in [0.25, 0.3) is 0 Å². The summed E-state index contributed by atoms with van der Waals surface area (Å²) < 4.78 is 12.0. The van der Waals surface area contributed by atoms with Gasteiger partial charge in [0.1, 0.15) is 0 Å². The van der Waals surface area contributed by atoms with E-state index in [0.717, 1.165) is 10.9 Å². The summed E-state index contributed by atoms with van der Waals surface area (Å²) in [6.07, 6.45) is -0.352. The second-order valence-corrected chi connectivity index (χ2v) is 5.69. The average molecular weight is 308 g/mol. The smallest absolute Gasteiger partial charge is 0.209 e. The van der Waals surface area contributed by atoms with Crippen LogP contribution in [0.3, 0.4) is 0 Å². The minimum atomic E-state index is -0.352. The molecular weight excluding hydrogens is 288 g/mol. The molecule has 0 aliphatic carbocycles. The van der Waals surface area contributed by atoms with E-state index in [1.54, 1.807) is 30.7 Å². The van der Waals surface area contributed by atoms with Crippen molar-refractivity contribution in [3.63, 3.8) is 0 Å². The fourth-order valence-corrected chi connectivity index (χ4v) is 2.67. The Hall–Kier alpha value is -1.44. The van der Waals surface area contributed by atoms with Crippen LogP contribution in [0.15, 0.2) is 23.4 Å². The molecule has 6 nitrogen and oxygen atoms in total. The molecule has 21 heavy (non-hydrogen) atoms. The number of hydrogen-bond acceptors (Lipinski definition) is 6. The summed E-state index contributed by atoms with van der Waals surface area (Å²) in [5.74, 6) is 0.826. The Labute approximate surface area is 128 Å². The number of ether oxygens (including phenoxy) is 2. The third-order valence-electron chi connectivity index (χ3n) is 3.29. The van der Waals surface area contributed by atoms with Gasteiger partial charge in [0, 0.05) is 20.0 Å². The Balaban J connectivity index is 2.00. The third kappa shape index (κ3) is 4.26. The molecule has 0 aliphatic heterocycles. The summed E-state index contributed by atoms with van der Waals surface area (Å²) >= 11 is 1.60. The summed E-state index contributed by atoms with van der Waals surface area (Å²) in [6.45, 7) is 4.70. The molecule has 0 fully saturated rings. The lowest BCUT2D eigenvalue weighted by Crippen LogP contribution is -2.21. The first kappa shape index (κ1) is 15.9. The van der Waals surface area contributed by atoms with E-state index in [1.165, 1.54) is 16.7 Å². The van der Waals surface area contributed by atoms with Crippen LogP contribution in [0.4, 0.5) is 0 Å². The highest BCUT2D eigenvalue weighted by Crippen LogP contribution is 2.21. The molecule has 0 saturated heterocycles. The number of thioether (sulfide) groups is 1. The van der Waals surface area contributed by atoms with Crippen molar-refractivity contribution < 1.29 is 9.47 Å². The lowest BCUT2D eigenvalue weighted by Gasteiger charge is -2.13. The molecule has 0 amide bonds. The monoisotopic (exact) mass is 308 g/mol. The van der Waals surface area contributed by atoms with Crippen molar-refractivity contribution in [1.82, 2.24) is 20.2 Å². The molecule has 114 valence electrons. The summed E-state index contributed by atoms with van der Waals surface area (Å²) in [4.78, 5) is 0. The molecule has 7 heteroatoms. The van der Waals surface area contributed by atoms with E-state index in [4.69, 9.17) is 9.47 Å². The Morgan fingerprint density at radius 3 is 2.62 bits per heavy atom. The van der Waals surface area contributed by atoms with Gasteiger partial charge < -0.3 is 9.47 Å². The summed E-state index contributed by atoms with van der Waals surface area (Å²) in [5, 5.41) is 12.5. The van der Waals surface area contributed by atoms with Gasteiger partial charge in [0.15, 0.2) is 6.29 Å². The maximum absolute atomic E-state index is 5.17. The first-order chi connectivity index (χ1) is 10.1. The van der Waals surface area contributed by atoms with E-state index in [1.807, 2.05) is 0 Å². The van der Waals surface area contributed by atoms with Crippen LogP contribution in [0.2, 0.25) is 0 Å². The van der Waals surface area contributed by atoms with Crippen LogP contribution in [0.1, 0.15) is 16.7 Å². The third-order valence-corrected chi connectivity index (χ3v) is 4.31. The number of rotatable bonds is 7. The molecule has 0 spiro atoms. The lowest BCUT2D eigenvalue weighted by atomic mass is 10.1. The molecule has 0 atom stereocenters. The van der Waals surface area contributed by atoms with E-state index in [0.29, 0.717) is 6.54 Å². The van der Waals surface area contributed by atoms with Crippen molar-refractivity contribution in [2.75, 3.05) is 14.2 Å². The number of hydrogen-bond donors (Lipinski definition) is 0. The van der Waals surface area contributed by atoms with Crippen LogP contribution in [-0.4, -0.2) is 40.7 Å². The van der Waals surface area contributed by atoms with Crippen molar-refractivity contribution in [3.8, 4) is 0 Å². The molecular formula is C14H20N4O2S. The number of methoxy groups -OCH3 is 2. The predicted octanol–water partition coefficient (Wildman–Crippen LogP) is 2.20. The Morgan fingerprint density at radius 2 is 1.95 bits per heavy atom. The SMILES string of the molecule is COC(Cn1nnnc1SCc1ccc(C)c(C)c1)OC. The van der Waals surface area contributed by atoms with Gasteiger partial charge in [-0.3, -0.25) is 0 Å². The van der Waals surface area contributed by atoms with Crippen molar-refractivity contribution in [2.45, 2.75) is 37.6 Å². The lowest BCUT2D eigenvalue weighted by molar-refractivity contribution is -0.113. The molecule has 0 aliphatic rings. The summed E-state index contributed by atoms with van der Waals surface area (Å²) in [7, 11) is 3.20. The predicted molar refractivity (Wildman–Crippen MR) is 81.1 cm³/mol. The molecule has 0 bridgehead atoms. The number of nitrogens with zero attached hydrogens (tertiary/aromatic N) is 4. The van der Waals surface area contributed by atoms with E-state index in [9.17, 15) is 0 Å². The zero-order valence-corrected chi connectivity index (χ0v) is 13.6. The number of tetrazole rings is 1. The molecule has 2 aromatic rings. The Morgan fingerprint density at radius 1 is 1.19 bits per heavy atom. The van der Waals surface area contributed by atoms with E-state index in [-0.39, 0.29) is 6.29 Å². The molecule has 1 heterocycles. The summed E-state index contributed by atoms with van der Waals surface area (Å²) in [6, 6.07) is 6.47. The average Bonchev–Trinajstić information content (AvgIpc) is 2.93. The highest BCUT2D eigenvalue weighted by atomic mass is 32.2. The van der Waals surface area contributed by atoms with Gasteiger partial charge >= 0.3 is 0 Å². The molecule has 0 radical (unpaired) electrons. The van der Waals surface area contributed by atoms with Crippen LogP contribution < -0.4 is 0 Å². The zero-order valence-electron chi connectivity index (χ0n) is 12.7. The van der Waals surface area contributed by atoms with Crippen LogP contribution in [0.25, 0.3) is 0 Å². The van der Waals surface area contributed by atoms with Crippen molar-refractivity contribution >= 4 is 11.8 Å². The van der Waals surface area contributed by atoms with Gasteiger partial charge in [-0.2, -0.15) is 0 Å². The van der Waals surface area contributed by atoms with Gasteiger partial charge in [-0.05, 0) is 41.0 Å². The van der Waals surface area contributed by atoms with Crippen LogP contribution in [-0.2, 0) is 21.8 Å². The van der Waals surface area contributed by atoms with Gasteiger partial charge in [-0.25, -0.2) is 4.68 Å². The van der Waals surface area contributed by atoms with Gasteiger partial charge in [0.2, 0.25) is 5.16 Å². The first-order valence-electron chi connectivity index (χ1n) is 6.64. The van der Waals surface area contributed by atoms with Crippen LogP contribution in [0.5, 0.6) is 0 Å². The quantitative estimate of drug-likeness (QED) is 0.577. The maximum atomic E-state index is 5.17. The molecule has 0 saturated carbocycles. The van der Waals surface area contributed by atoms with Crippen LogP contribution >= 0.6 is 11.8 Å². The van der Waals surface area contributed by atoms with Gasteiger partial charge in [-0.1, -0.05) is 30.0 Å². The maximum Gasteiger partial charge on any atom is 0.209 e. The Kier molecular flexibility index (Phi) is 5.72. The van der Waals surface area contributed by atoms with E-state index < -0.39 is 0 Å². The molecule has 1 aromatic carbocycles. The standard InChI is InChI=1S/C14H20N4O2S/c1-10-5-6-12(7-11(10)2)9-21-14-15-16-17-18(14)8-13(19-3)20-4/h5-7,13H,8-9H2,1-4H3. The topological polar surface area (TPSA) is 62.1 Å². The van der Waals surface area contributed by atoms with Crippen molar-refractivity contribution in [2.24, 2.45) is 0 Å². The highest BCUT2D eigenvalue weighted by Gasteiger charge is 2.13. The van der Waals surface area contributed by atoms with Crippen LogP contribution in [0, 0.1) is 13.8 Å². The normalized spacial score (nSPS) is 11.3. The minimum Gasteiger partial charge on any atom is -0.354 e. The Bertz CT molecular complexity index is 584. The summed E-state index contributed by atoms with van der Waals surface area (Å²) in [5.41, 5.74) is 3.86. The zero-order chi connectivity index (χ0) is 15.2. The van der Waals surface area contributed by atoms with Crippen molar-refractivity contribution in [1.29, 1.82) is 0 Å². The fraction of sp³-hybridized carbons (Fsp3) is 0.500.